The summed E-state index contributed by atoms with van der Waals surface area (Å²) in [7, 11) is 0. The van der Waals surface area contributed by atoms with Crippen LogP contribution in [0.3, 0.4) is 0 Å². The first-order chi connectivity index (χ1) is 9.31. The van der Waals surface area contributed by atoms with Crippen molar-refractivity contribution in [2.75, 3.05) is 11.9 Å². The van der Waals surface area contributed by atoms with Gasteiger partial charge in [-0.25, -0.2) is 0 Å². The van der Waals surface area contributed by atoms with Crippen LogP contribution in [0.25, 0.3) is 21.2 Å². The third kappa shape index (κ3) is 3.47. The number of hydrogen-bond donors (Lipinski definition) is 1. The molecule has 0 radical (unpaired) electrons. The number of benzene rings is 2. The highest BCUT2D eigenvalue weighted by atomic mass is 16.1. The molecule has 0 aromatic heterocycles. The van der Waals surface area contributed by atoms with E-state index >= 15 is 0 Å². The fourth-order valence-corrected chi connectivity index (χ4v) is 1.90. The van der Waals surface area contributed by atoms with E-state index in [1.165, 1.54) is 0 Å². The lowest BCUT2D eigenvalue weighted by Gasteiger charge is -2.08. The predicted octanol–water partition coefficient (Wildman–Crippen LogP) is 3.87. The van der Waals surface area contributed by atoms with Crippen LogP contribution in [0, 0.1) is 0 Å². The smallest absolute Gasteiger partial charge is 0.224 e. The summed E-state index contributed by atoms with van der Waals surface area (Å²) in [4.78, 5) is 14.4. The summed E-state index contributed by atoms with van der Waals surface area (Å²) in [5, 5.41) is 8.40. The Hall–Kier alpha value is -2.52. The normalized spacial score (nSPS) is 9.89. The van der Waals surface area contributed by atoms with Crippen molar-refractivity contribution in [3.63, 3.8) is 0 Å². The highest BCUT2D eigenvalue weighted by Crippen LogP contribution is 2.23. The van der Waals surface area contributed by atoms with Crippen LogP contribution in [0.2, 0.25) is 0 Å². The van der Waals surface area contributed by atoms with E-state index in [0.29, 0.717) is 19.4 Å². The molecular weight excluding hydrogens is 240 g/mol. The molecule has 0 heterocycles. The number of anilines is 1. The van der Waals surface area contributed by atoms with E-state index < -0.39 is 0 Å². The topological polar surface area (TPSA) is 77.9 Å². The summed E-state index contributed by atoms with van der Waals surface area (Å²) < 4.78 is 0. The fraction of sp³-hybridized carbons (Fsp3) is 0.214. The molecule has 0 aliphatic heterocycles. The number of hydrogen-bond acceptors (Lipinski definition) is 2. The van der Waals surface area contributed by atoms with Crippen molar-refractivity contribution in [1.82, 2.24) is 0 Å². The number of nitrogens with zero attached hydrogens (tertiary/aromatic N) is 3. The van der Waals surface area contributed by atoms with Crippen LogP contribution in [0.15, 0.2) is 47.6 Å². The Balaban J connectivity index is 2.04. The number of rotatable bonds is 5. The summed E-state index contributed by atoms with van der Waals surface area (Å²) in [5.41, 5.74) is 8.95. The van der Waals surface area contributed by atoms with Crippen LogP contribution in [0.1, 0.15) is 12.8 Å². The zero-order valence-electron chi connectivity index (χ0n) is 10.4. The minimum absolute atomic E-state index is 0.0653. The summed E-state index contributed by atoms with van der Waals surface area (Å²) in [5.74, 6) is -0.0653. The molecule has 2 rings (SSSR count). The van der Waals surface area contributed by atoms with Crippen LogP contribution in [0.4, 0.5) is 5.69 Å². The average Bonchev–Trinajstić information content (AvgIpc) is 2.44. The molecule has 1 amide bonds. The van der Waals surface area contributed by atoms with Crippen molar-refractivity contribution >= 4 is 22.4 Å². The molecule has 0 aliphatic carbocycles. The summed E-state index contributed by atoms with van der Waals surface area (Å²) in [6, 6.07) is 13.7. The molecule has 0 unspecified atom stereocenters. The lowest BCUT2D eigenvalue weighted by Crippen LogP contribution is -2.11. The molecule has 5 nitrogen and oxygen atoms in total. The Kier molecular flexibility index (Phi) is 4.37. The second-order valence-corrected chi connectivity index (χ2v) is 4.13. The van der Waals surface area contributed by atoms with Gasteiger partial charge in [-0.3, -0.25) is 4.79 Å². The van der Waals surface area contributed by atoms with E-state index in [4.69, 9.17) is 5.53 Å². The lowest BCUT2D eigenvalue weighted by molar-refractivity contribution is -0.116. The molecule has 2 aromatic carbocycles. The summed E-state index contributed by atoms with van der Waals surface area (Å²) >= 11 is 0. The quantitative estimate of drug-likeness (QED) is 0.374. The number of amides is 1. The van der Waals surface area contributed by atoms with Crippen molar-refractivity contribution in [2.24, 2.45) is 5.11 Å². The van der Waals surface area contributed by atoms with Gasteiger partial charge in [-0.05, 0) is 23.4 Å². The molecular formula is C14H14N4O. The highest BCUT2D eigenvalue weighted by Gasteiger charge is 2.04. The minimum Gasteiger partial charge on any atom is -0.326 e. The Morgan fingerprint density at radius 2 is 2.00 bits per heavy atom. The summed E-state index contributed by atoms with van der Waals surface area (Å²) in [6.45, 7) is 0.347. The highest BCUT2D eigenvalue weighted by molar-refractivity contribution is 6.02. The SMILES string of the molecule is [N-]=[N+]=NCCCC(=O)Nc1cccc2ccccc12. The van der Waals surface area contributed by atoms with Crippen LogP contribution < -0.4 is 5.32 Å². The summed E-state index contributed by atoms with van der Waals surface area (Å²) in [6.07, 6.45) is 0.906. The van der Waals surface area contributed by atoms with Crippen LogP contribution in [-0.2, 0) is 4.79 Å². The van der Waals surface area contributed by atoms with E-state index in [1.54, 1.807) is 0 Å². The minimum atomic E-state index is -0.0653. The second-order valence-electron chi connectivity index (χ2n) is 4.13. The zero-order chi connectivity index (χ0) is 13.5. The molecule has 0 aliphatic rings. The van der Waals surface area contributed by atoms with Crippen molar-refractivity contribution in [1.29, 1.82) is 0 Å². The van der Waals surface area contributed by atoms with Gasteiger partial charge in [0.2, 0.25) is 5.91 Å². The van der Waals surface area contributed by atoms with Crippen molar-refractivity contribution < 1.29 is 4.79 Å². The Morgan fingerprint density at radius 3 is 2.84 bits per heavy atom. The molecule has 5 heteroatoms. The van der Waals surface area contributed by atoms with E-state index in [1.807, 2.05) is 42.5 Å². The molecule has 2 aromatic rings. The Labute approximate surface area is 110 Å². The number of fused-ring (bicyclic) bond motifs is 1. The third-order valence-corrected chi connectivity index (χ3v) is 2.79. The van der Waals surface area contributed by atoms with Gasteiger partial charge in [-0.15, -0.1) is 0 Å². The standard InChI is InChI=1S/C14H14N4O/c15-18-16-10-4-9-14(19)17-13-8-3-6-11-5-1-2-7-12(11)13/h1-3,5-8H,4,9-10H2,(H,17,19). The van der Waals surface area contributed by atoms with Gasteiger partial charge in [0.15, 0.2) is 0 Å². The number of azide groups is 1. The molecule has 96 valence electrons. The number of nitrogens with one attached hydrogen (secondary N) is 1. The lowest BCUT2D eigenvalue weighted by atomic mass is 10.1. The van der Waals surface area contributed by atoms with Crippen LogP contribution in [0.5, 0.6) is 0 Å². The van der Waals surface area contributed by atoms with Crippen LogP contribution >= 0.6 is 0 Å². The van der Waals surface area contributed by atoms with Gasteiger partial charge in [0.05, 0.1) is 0 Å². The molecule has 0 saturated heterocycles. The van der Waals surface area contributed by atoms with Crippen molar-refractivity contribution in [2.45, 2.75) is 12.8 Å². The third-order valence-electron chi connectivity index (χ3n) is 2.79. The predicted molar refractivity (Wildman–Crippen MR) is 75.8 cm³/mol. The van der Waals surface area contributed by atoms with E-state index in [9.17, 15) is 4.79 Å². The van der Waals surface area contributed by atoms with Gasteiger partial charge in [-0.2, -0.15) is 0 Å². The van der Waals surface area contributed by atoms with Gasteiger partial charge in [-0.1, -0.05) is 41.5 Å². The van der Waals surface area contributed by atoms with Crippen molar-refractivity contribution in [3.8, 4) is 0 Å². The molecule has 0 spiro atoms. The van der Waals surface area contributed by atoms with E-state index in [-0.39, 0.29) is 5.91 Å². The maximum Gasteiger partial charge on any atom is 0.224 e. The second kappa shape index (κ2) is 6.42. The average molecular weight is 254 g/mol. The van der Waals surface area contributed by atoms with Gasteiger partial charge in [0, 0.05) is 29.0 Å². The first-order valence-corrected chi connectivity index (χ1v) is 6.10. The van der Waals surface area contributed by atoms with Gasteiger partial charge in [0.25, 0.3) is 0 Å². The van der Waals surface area contributed by atoms with E-state index in [2.05, 4.69) is 15.3 Å². The van der Waals surface area contributed by atoms with Gasteiger partial charge < -0.3 is 5.32 Å². The molecule has 0 bridgehead atoms. The number of carbonyl (C=O) groups excluding carboxylic acids is 1. The monoisotopic (exact) mass is 254 g/mol. The maximum absolute atomic E-state index is 11.8. The largest absolute Gasteiger partial charge is 0.326 e. The molecule has 19 heavy (non-hydrogen) atoms. The maximum atomic E-state index is 11.8. The van der Waals surface area contributed by atoms with Gasteiger partial charge in [0.1, 0.15) is 0 Å². The molecule has 0 saturated carbocycles. The Morgan fingerprint density at radius 1 is 1.21 bits per heavy atom. The van der Waals surface area contributed by atoms with Crippen molar-refractivity contribution in [3.05, 3.63) is 52.9 Å². The zero-order valence-corrected chi connectivity index (χ0v) is 10.4. The fourth-order valence-electron chi connectivity index (χ4n) is 1.90. The molecule has 1 N–H and O–H groups in total. The van der Waals surface area contributed by atoms with E-state index in [0.717, 1.165) is 16.5 Å². The molecule has 0 atom stereocenters. The molecule has 0 fully saturated rings. The van der Waals surface area contributed by atoms with Crippen LogP contribution in [-0.4, -0.2) is 12.5 Å². The van der Waals surface area contributed by atoms with Gasteiger partial charge >= 0.3 is 0 Å². The number of carbonyl (C=O) groups is 1. The Bertz CT molecular complexity index is 627. The first kappa shape index (κ1) is 12.9. The first-order valence-electron chi connectivity index (χ1n) is 6.10.